The minimum absolute atomic E-state index is 0.0600. The smallest absolute Gasteiger partial charge is 0.253 e. The van der Waals surface area contributed by atoms with Crippen LogP contribution in [0, 0.1) is 6.92 Å². The molecule has 1 amide bonds. The highest BCUT2D eigenvalue weighted by Gasteiger charge is 2.10. The third-order valence-electron chi connectivity index (χ3n) is 3.39. The van der Waals surface area contributed by atoms with Crippen LogP contribution in [0.1, 0.15) is 61.4 Å². The second-order valence-corrected chi connectivity index (χ2v) is 5.22. The van der Waals surface area contributed by atoms with Crippen LogP contribution in [-0.2, 0) is 0 Å². The van der Waals surface area contributed by atoms with Crippen molar-refractivity contribution in [1.82, 2.24) is 5.32 Å². The molecule has 0 saturated carbocycles. The van der Waals surface area contributed by atoms with Crippen molar-refractivity contribution in [2.75, 3.05) is 12.0 Å². The molecule has 0 spiro atoms. The first-order valence-electron chi connectivity index (χ1n) is 7.54. The summed E-state index contributed by atoms with van der Waals surface area (Å²) >= 11 is 0. The van der Waals surface area contributed by atoms with Gasteiger partial charge >= 0.3 is 0 Å². The van der Waals surface area contributed by atoms with Crippen molar-refractivity contribution in [1.29, 1.82) is 0 Å². The van der Waals surface area contributed by atoms with Crippen LogP contribution in [-0.4, -0.2) is 12.5 Å². The highest BCUT2D eigenvalue weighted by molar-refractivity contribution is 5.99. The highest BCUT2D eigenvalue weighted by atomic mass is 16.1. The number of nitrogens with two attached hydrogens (primary N) is 1. The molecule has 4 N–H and O–H groups in total. The van der Waals surface area contributed by atoms with Crippen molar-refractivity contribution in [2.45, 2.75) is 52.4 Å². The first-order chi connectivity index (χ1) is 9.69. The molecular formula is C16H27N3O. The van der Waals surface area contributed by atoms with Crippen molar-refractivity contribution in [3.8, 4) is 0 Å². The summed E-state index contributed by atoms with van der Waals surface area (Å²) in [7, 11) is 0. The predicted molar refractivity (Wildman–Crippen MR) is 84.7 cm³/mol. The summed E-state index contributed by atoms with van der Waals surface area (Å²) in [5, 5.41) is 2.96. The summed E-state index contributed by atoms with van der Waals surface area (Å²) in [6.45, 7) is 4.90. The number of rotatable bonds is 9. The number of hydrogen-bond donors (Lipinski definition) is 3. The quantitative estimate of drug-likeness (QED) is 0.368. The van der Waals surface area contributed by atoms with E-state index in [0.717, 1.165) is 18.5 Å². The lowest BCUT2D eigenvalue weighted by Gasteiger charge is -2.10. The highest BCUT2D eigenvalue weighted by Crippen LogP contribution is 2.16. The third kappa shape index (κ3) is 5.61. The SMILES string of the molecule is CCCCCCCCNC(=O)c1cc(C)ccc1NN. The Hall–Kier alpha value is -1.55. The van der Waals surface area contributed by atoms with Gasteiger partial charge in [-0.2, -0.15) is 0 Å². The molecule has 1 aromatic carbocycles. The van der Waals surface area contributed by atoms with Gasteiger partial charge in [-0.25, -0.2) is 0 Å². The van der Waals surface area contributed by atoms with Crippen molar-refractivity contribution in [3.63, 3.8) is 0 Å². The van der Waals surface area contributed by atoms with Gasteiger partial charge < -0.3 is 10.7 Å². The van der Waals surface area contributed by atoms with E-state index in [2.05, 4.69) is 17.7 Å². The molecule has 0 saturated heterocycles. The molecule has 1 rings (SSSR count). The number of nitrogen functional groups attached to an aromatic ring is 1. The fourth-order valence-corrected chi connectivity index (χ4v) is 2.17. The summed E-state index contributed by atoms with van der Waals surface area (Å²) in [5.41, 5.74) is 4.89. The topological polar surface area (TPSA) is 67.2 Å². The Balaban J connectivity index is 2.34. The van der Waals surface area contributed by atoms with E-state index < -0.39 is 0 Å². The maximum atomic E-state index is 12.1. The molecule has 0 atom stereocenters. The summed E-state index contributed by atoms with van der Waals surface area (Å²) in [5.74, 6) is 5.37. The number of hydrazine groups is 1. The minimum Gasteiger partial charge on any atom is -0.352 e. The molecule has 0 aromatic heterocycles. The molecule has 0 unspecified atom stereocenters. The van der Waals surface area contributed by atoms with Crippen LogP contribution in [0.2, 0.25) is 0 Å². The number of nitrogens with one attached hydrogen (secondary N) is 2. The second-order valence-electron chi connectivity index (χ2n) is 5.22. The lowest BCUT2D eigenvalue weighted by atomic mass is 10.1. The molecule has 1 aromatic rings. The van der Waals surface area contributed by atoms with Crippen molar-refractivity contribution >= 4 is 11.6 Å². The average Bonchev–Trinajstić information content (AvgIpc) is 2.46. The number of unbranched alkanes of at least 4 members (excludes halogenated alkanes) is 5. The Kier molecular flexibility index (Phi) is 7.73. The monoisotopic (exact) mass is 277 g/mol. The Labute approximate surface area is 122 Å². The molecular weight excluding hydrogens is 250 g/mol. The first-order valence-corrected chi connectivity index (χ1v) is 7.54. The van der Waals surface area contributed by atoms with E-state index in [4.69, 9.17) is 5.84 Å². The van der Waals surface area contributed by atoms with Crippen LogP contribution < -0.4 is 16.6 Å². The maximum Gasteiger partial charge on any atom is 0.253 e. The number of hydrogen-bond acceptors (Lipinski definition) is 3. The summed E-state index contributed by atoms with van der Waals surface area (Å²) < 4.78 is 0. The van der Waals surface area contributed by atoms with Gasteiger partial charge in [0.2, 0.25) is 0 Å². The Bertz CT molecular complexity index is 418. The summed E-state index contributed by atoms with van der Waals surface area (Å²) in [4.78, 5) is 12.1. The molecule has 4 nitrogen and oxygen atoms in total. The molecule has 4 heteroatoms. The van der Waals surface area contributed by atoms with Crippen LogP contribution in [0.25, 0.3) is 0 Å². The van der Waals surface area contributed by atoms with Gasteiger partial charge in [-0.15, -0.1) is 0 Å². The fourth-order valence-electron chi connectivity index (χ4n) is 2.17. The number of benzene rings is 1. The van der Waals surface area contributed by atoms with Gasteiger partial charge in [0.15, 0.2) is 0 Å². The third-order valence-corrected chi connectivity index (χ3v) is 3.39. The number of amides is 1. The maximum absolute atomic E-state index is 12.1. The molecule has 20 heavy (non-hydrogen) atoms. The summed E-state index contributed by atoms with van der Waals surface area (Å²) in [6.07, 6.45) is 7.33. The van der Waals surface area contributed by atoms with E-state index in [1.165, 1.54) is 32.1 Å². The fraction of sp³-hybridized carbons (Fsp3) is 0.562. The van der Waals surface area contributed by atoms with Crippen LogP contribution in [0.5, 0.6) is 0 Å². The standard InChI is InChI=1S/C16H27N3O/c1-3-4-5-6-7-8-11-18-16(20)14-12-13(2)9-10-15(14)19-17/h9-10,12,19H,3-8,11,17H2,1-2H3,(H,18,20). The molecule has 0 aliphatic carbocycles. The van der Waals surface area contributed by atoms with E-state index in [1.54, 1.807) is 0 Å². The van der Waals surface area contributed by atoms with Gasteiger partial charge in [-0.1, -0.05) is 50.7 Å². The van der Waals surface area contributed by atoms with Gasteiger partial charge in [0.25, 0.3) is 5.91 Å². The van der Waals surface area contributed by atoms with E-state index in [1.807, 2.05) is 25.1 Å². The minimum atomic E-state index is -0.0600. The van der Waals surface area contributed by atoms with E-state index in [9.17, 15) is 4.79 Å². The molecule has 0 bridgehead atoms. The molecule has 0 fully saturated rings. The molecule has 112 valence electrons. The number of aryl methyl sites for hydroxylation is 1. The Morgan fingerprint density at radius 1 is 1.15 bits per heavy atom. The van der Waals surface area contributed by atoms with Gasteiger partial charge in [0.05, 0.1) is 11.3 Å². The van der Waals surface area contributed by atoms with Crippen LogP contribution in [0.15, 0.2) is 18.2 Å². The number of carbonyl (C=O) groups is 1. The second kappa shape index (κ2) is 9.37. The lowest BCUT2D eigenvalue weighted by molar-refractivity contribution is 0.0953. The van der Waals surface area contributed by atoms with Crippen molar-refractivity contribution in [2.24, 2.45) is 5.84 Å². The molecule has 0 aliphatic heterocycles. The predicted octanol–water partition coefficient (Wildman–Crippen LogP) is 3.37. The van der Waals surface area contributed by atoms with Crippen LogP contribution in [0.4, 0.5) is 5.69 Å². The van der Waals surface area contributed by atoms with Crippen LogP contribution in [0.3, 0.4) is 0 Å². The zero-order valence-corrected chi connectivity index (χ0v) is 12.7. The van der Waals surface area contributed by atoms with Crippen molar-refractivity contribution < 1.29 is 4.79 Å². The Morgan fingerprint density at radius 3 is 2.55 bits per heavy atom. The Morgan fingerprint density at radius 2 is 1.85 bits per heavy atom. The molecule has 0 aliphatic rings. The van der Waals surface area contributed by atoms with Crippen molar-refractivity contribution in [3.05, 3.63) is 29.3 Å². The molecule has 0 radical (unpaired) electrons. The zero-order valence-electron chi connectivity index (χ0n) is 12.7. The lowest BCUT2D eigenvalue weighted by Crippen LogP contribution is -2.26. The zero-order chi connectivity index (χ0) is 14.8. The van der Waals surface area contributed by atoms with Gasteiger partial charge in [0, 0.05) is 6.54 Å². The van der Waals surface area contributed by atoms with E-state index in [0.29, 0.717) is 11.3 Å². The van der Waals surface area contributed by atoms with E-state index in [-0.39, 0.29) is 5.91 Å². The average molecular weight is 277 g/mol. The normalized spacial score (nSPS) is 10.3. The first kappa shape index (κ1) is 16.5. The summed E-state index contributed by atoms with van der Waals surface area (Å²) in [6, 6.07) is 5.61. The number of carbonyl (C=O) groups excluding carboxylic acids is 1. The van der Waals surface area contributed by atoms with Gasteiger partial charge in [-0.05, 0) is 25.5 Å². The molecule has 0 heterocycles. The number of anilines is 1. The van der Waals surface area contributed by atoms with E-state index >= 15 is 0 Å². The van der Waals surface area contributed by atoms with Gasteiger partial charge in [0.1, 0.15) is 0 Å². The largest absolute Gasteiger partial charge is 0.352 e. The van der Waals surface area contributed by atoms with Crippen LogP contribution >= 0.6 is 0 Å². The van der Waals surface area contributed by atoms with Gasteiger partial charge in [-0.3, -0.25) is 10.6 Å².